The van der Waals surface area contributed by atoms with Crippen LogP contribution in [0.15, 0.2) is 151 Å². The summed E-state index contributed by atoms with van der Waals surface area (Å²) < 4.78 is 61.1. The van der Waals surface area contributed by atoms with Crippen molar-refractivity contribution in [1.82, 2.24) is 86.0 Å². The summed E-state index contributed by atoms with van der Waals surface area (Å²) in [6, 6.07) is 25.9. The Labute approximate surface area is 563 Å². The summed E-state index contributed by atoms with van der Waals surface area (Å²) >= 11 is 3.23. The molecule has 0 unspecified atom stereocenters. The van der Waals surface area contributed by atoms with Gasteiger partial charge in [0.25, 0.3) is 5.91 Å². The second-order valence-electron chi connectivity index (χ2n) is 21.2. The Bertz CT molecular complexity index is 3710. The molecule has 0 aromatic carbocycles. The van der Waals surface area contributed by atoms with Crippen molar-refractivity contribution in [2.24, 2.45) is 0 Å². The first-order valence-electron chi connectivity index (χ1n) is 29.5. The first kappa shape index (κ1) is 75.9. The summed E-state index contributed by atoms with van der Waals surface area (Å²) in [7, 11) is -3.57. The predicted molar refractivity (Wildman–Crippen MR) is 358 cm³/mol. The number of thiophene rings is 1. The standard InChI is InChI=1S/C12H13NOS.C11H13N3OS.C11H12N2O2.C10H12N4O.C10H14N2O4S.C9H11N5O.CO2/c1-9(2)14-10-5-6-11(13-8-10)12-4-3-7-15-12;1-7(2)15-9-4-5-10(12-6-9)11-14-13-8(3)16-11;1-8(2)15-10-3-4-11(12-6-10)9-5-13-14-7-9;1-7(2)15-8-3-4-9(11-5-8)10-6-12-14-13-10;1-7(2)16-8-4-5-9(11-6-8)10(13)12-17(3,14)15;1-6(2)15-7-3-4-8(10-5-7)9-11-13-14-12-9;2-1-3/h3-9H,1-2H3;4-7H,1-3H3;3-8H,1-2H3;3-7H,1-2H3,(H,12,13,14);4-7H,1-3H3,(H,12,13);3-6H,1-2H3,(H,11,12,13,14);. The van der Waals surface area contributed by atoms with Crippen LogP contribution in [0.3, 0.4) is 0 Å². The molecule has 506 valence electrons. The molecule has 11 aromatic heterocycles. The summed E-state index contributed by atoms with van der Waals surface area (Å²) in [4.78, 5) is 53.9. The van der Waals surface area contributed by atoms with Crippen LogP contribution >= 0.6 is 22.7 Å². The summed E-state index contributed by atoms with van der Waals surface area (Å²) in [6.07, 6.45) is 16.7. The van der Waals surface area contributed by atoms with Gasteiger partial charge in [-0.05, 0) is 179 Å². The zero-order chi connectivity index (χ0) is 70.0. The topological polar surface area (TPSA) is 378 Å². The molecule has 11 aromatic rings. The Morgan fingerprint density at radius 3 is 1.30 bits per heavy atom. The Balaban J connectivity index is 0.000000207. The SMILES string of the molecule is CC(C)Oc1ccc(-c2cccs2)nc1.CC(C)Oc1ccc(-c2cn[nH]n2)nc1.CC(C)Oc1ccc(-c2cnoc2)nc1.CC(C)Oc1ccc(-c2nn[nH]n2)nc1.CC(C)Oc1ccc(C(=O)NS(C)(=O)=O)nc1.Cc1nnc(-c2ccc(OC(C)C)cn2)s1.O=C=O. The summed E-state index contributed by atoms with van der Waals surface area (Å²) in [6.45, 7) is 25.5. The fourth-order valence-electron chi connectivity index (χ4n) is 7.17. The largest absolute Gasteiger partial charge is 0.489 e. The maximum Gasteiger partial charge on any atom is 0.373 e. The third kappa shape index (κ3) is 29.0. The van der Waals surface area contributed by atoms with Crippen molar-refractivity contribution in [1.29, 1.82) is 0 Å². The molecule has 29 nitrogen and oxygen atoms in total. The van der Waals surface area contributed by atoms with Crippen molar-refractivity contribution < 1.29 is 55.7 Å². The van der Waals surface area contributed by atoms with Crippen LogP contribution in [0.4, 0.5) is 0 Å². The van der Waals surface area contributed by atoms with Gasteiger partial charge in [0.2, 0.25) is 15.8 Å². The lowest BCUT2D eigenvalue weighted by molar-refractivity contribution is -0.191. The van der Waals surface area contributed by atoms with Crippen molar-refractivity contribution in [2.45, 2.75) is 127 Å². The van der Waals surface area contributed by atoms with Crippen LogP contribution < -0.4 is 33.1 Å². The van der Waals surface area contributed by atoms with E-state index in [1.807, 2.05) is 155 Å². The van der Waals surface area contributed by atoms with Crippen molar-refractivity contribution in [3.05, 3.63) is 157 Å². The molecule has 0 atom stereocenters. The van der Waals surface area contributed by atoms with Crippen LogP contribution in [0.2, 0.25) is 0 Å². The highest BCUT2D eigenvalue weighted by atomic mass is 32.2. The van der Waals surface area contributed by atoms with Gasteiger partial charge >= 0.3 is 6.15 Å². The number of rotatable bonds is 19. The maximum atomic E-state index is 11.4. The van der Waals surface area contributed by atoms with Gasteiger partial charge in [0.15, 0.2) is 5.01 Å². The van der Waals surface area contributed by atoms with Crippen LogP contribution in [-0.4, -0.2) is 145 Å². The third-order valence-corrected chi connectivity index (χ3v) is 13.0. The van der Waals surface area contributed by atoms with Gasteiger partial charge in [0, 0.05) is 0 Å². The first-order valence-corrected chi connectivity index (χ1v) is 33.1. The van der Waals surface area contributed by atoms with Crippen molar-refractivity contribution in [3.63, 3.8) is 0 Å². The van der Waals surface area contributed by atoms with E-state index in [9.17, 15) is 13.2 Å². The van der Waals surface area contributed by atoms with Crippen LogP contribution in [-0.2, 0) is 19.6 Å². The van der Waals surface area contributed by atoms with E-state index in [2.05, 4.69) is 92.7 Å². The number of H-pyrrole nitrogens is 2. The number of carbonyl (C=O) groups excluding carboxylic acids is 3. The molecule has 0 fully saturated rings. The average Bonchev–Trinajstić information content (AvgIpc) is 1.58. The minimum Gasteiger partial charge on any atom is -0.489 e. The molecule has 0 bridgehead atoms. The second-order valence-corrected chi connectivity index (χ2v) is 25.0. The highest BCUT2D eigenvalue weighted by molar-refractivity contribution is 7.89. The molecule has 1 amide bonds. The number of sulfonamides is 1. The fraction of sp³-hybridized carbons (Fsp3) is 0.312. The van der Waals surface area contributed by atoms with Crippen LogP contribution in [0, 0.1) is 6.92 Å². The van der Waals surface area contributed by atoms with E-state index in [-0.39, 0.29) is 48.5 Å². The normalized spacial score (nSPS) is 10.5. The molecule has 0 aliphatic rings. The molecular formula is C64H75N17O12S3. The monoisotopic (exact) mass is 1370 g/mol. The Morgan fingerprint density at radius 2 is 0.958 bits per heavy atom. The quantitative estimate of drug-likeness (QED) is 0.0677. The Hall–Kier alpha value is -10.8. The Kier molecular flexibility index (Phi) is 31.4. The number of aromatic nitrogens is 16. The molecule has 3 N–H and O–H groups in total. The number of nitrogens with zero attached hydrogens (tertiary/aromatic N) is 14. The molecule has 32 heteroatoms. The number of hydrogen-bond acceptors (Lipinski definition) is 28. The zero-order valence-electron chi connectivity index (χ0n) is 55.2. The average molecular weight is 1370 g/mol. The predicted octanol–water partition coefficient (Wildman–Crippen LogP) is 11.5. The minimum atomic E-state index is -3.57. The number of aromatic amines is 2. The van der Waals surface area contributed by atoms with Crippen molar-refractivity contribution in [3.8, 4) is 89.9 Å². The van der Waals surface area contributed by atoms with E-state index in [1.165, 1.54) is 28.5 Å². The van der Waals surface area contributed by atoms with E-state index >= 15 is 0 Å². The lowest BCUT2D eigenvalue weighted by atomic mass is 10.2. The lowest BCUT2D eigenvalue weighted by Crippen LogP contribution is -2.29. The summed E-state index contributed by atoms with van der Waals surface area (Å²) in [5, 5.41) is 39.2. The number of pyridine rings is 6. The molecule has 0 radical (unpaired) electrons. The summed E-state index contributed by atoms with van der Waals surface area (Å²) in [5.74, 6) is 4.11. The van der Waals surface area contributed by atoms with E-state index in [1.54, 1.807) is 73.1 Å². The van der Waals surface area contributed by atoms with Crippen LogP contribution in [0.5, 0.6) is 34.5 Å². The molecule has 11 rings (SSSR count). The van der Waals surface area contributed by atoms with Gasteiger partial charge in [0.1, 0.15) is 68.5 Å². The zero-order valence-corrected chi connectivity index (χ0v) is 57.7. The molecule has 96 heavy (non-hydrogen) atoms. The highest BCUT2D eigenvalue weighted by Gasteiger charge is 2.14. The number of hydrogen-bond donors (Lipinski definition) is 3. The third-order valence-electron chi connectivity index (χ3n) is 10.7. The Morgan fingerprint density at radius 1 is 0.510 bits per heavy atom. The molecule has 0 aliphatic carbocycles. The van der Waals surface area contributed by atoms with Gasteiger partial charge in [-0.3, -0.25) is 19.7 Å². The van der Waals surface area contributed by atoms with Gasteiger partial charge in [-0.25, -0.2) is 28.1 Å². The van der Waals surface area contributed by atoms with E-state index < -0.39 is 15.9 Å². The van der Waals surface area contributed by atoms with Crippen molar-refractivity contribution in [2.75, 3.05) is 6.26 Å². The van der Waals surface area contributed by atoms with E-state index in [4.69, 9.17) is 42.5 Å². The number of ether oxygens (including phenoxy) is 6. The van der Waals surface area contributed by atoms with Gasteiger partial charge in [0.05, 0.1) is 120 Å². The molecule has 0 spiro atoms. The van der Waals surface area contributed by atoms with Gasteiger partial charge in [-0.1, -0.05) is 22.6 Å². The van der Waals surface area contributed by atoms with Gasteiger partial charge < -0.3 is 32.9 Å². The van der Waals surface area contributed by atoms with E-state index in [0.29, 0.717) is 17.3 Å². The maximum absolute atomic E-state index is 11.4. The molecule has 0 saturated carbocycles. The summed E-state index contributed by atoms with van der Waals surface area (Å²) in [5.41, 5.74) is 5.72. The van der Waals surface area contributed by atoms with Crippen molar-refractivity contribution >= 4 is 44.8 Å². The van der Waals surface area contributed by atoms with Gasteiger partial charge in [-0.2, -0.15) is 30.2 Å². The molecule has 0 aliphatic heterocycles. The highest BCUT2D eigenvalue weighted by Crippen LogP contribution is 2.26. The number of carbonyl (C=O) groups is 1. The molecule has 0 saturated heterocycles. The van der Waals surface area contributed by atoms with Gasteiger partial charge in [-0.15, -0.1) is 31.7 Å². The second kappa shape index (κ2) is 39.7. The number of tetrazole rings is 1. The minimum absolute atomic E-state index is 0.00694. The number of aryl methyl sites for hydroxylation is 1. The molecular weight excluding hydrogens is 1300 g/mol. The van der Waals surface area contributed by atoms with Crippen LogP contribution in [0.1, 0.15) is 98.6 Å². The lowest BCUT2D eigenvalue weighted by Gasteiger charge is -2.09. The van der Waals surface area contributed by atoms with E-state index in [0.717, 1.165) is 79.1 Å². The molecule has 11 heterocycles. The fourth-order valence-corrected chi connectivity index (χ4v) is 8.98. The van der Waals surface area contributed by atoms with Crippen LogP contribution in [0.25, 0.3) is 55.4 Å². The smallest absolute Gasteiger partial charge is 0.373 e. The number of amides is 1. The first-order chi connectivity index (χ1) is 45.9. The number of nitrogens with one attached hydrogen (secondary N) is 3.